The highest BCUT2D eigenvalue weighted by Crippen LogP contribution is 2.43. The maximum atomic E-state index is 12.7. The monoisotopic (exact) mass is 312 g/mol. The minimum absolute atomic E-state index is 0.359. The molecule has 20 heavy (non-hydrogen) atoms. The molecule has 1 aromatic carbocycles. The van der Waals surface area contributed by atoms with Gasteiger partial charge >= 0.3 is 0 Å². The molecule has 0 radical (unpaired) electrons. The number of fused-ring (bicyclic) bond motifs is 1. The SMILES string of the molecule is CC1Sc2cc(S(=O)(=O)N3CCCCC3)ccc2N1C. The molecule has 1 unspecified atom stereocenters. The molecule has 1 aromatic rings. The lowest BCUT2D eigenvalue weighted by Crippen LogP contribution is -2.35. The molecule has 6 heteroatoms. The second-order valence-corrected chi connectivity index (χ2v) is 8.72. The van der Waals surface area contributed by atoms with Crippen molar-refractivity contribution in [2.45, 2.75) is 41.4 Å². The number of rotatable bonds is 2. The van der Waals surface area contributed by atoms with Gasteiger partial charge in [0.25, 0.3) is 0 Å². The number of anilines is 1. The zero-order valence-electron chi connectivity index (χ0n) is 11.9. The summed E-state index contributed by atoms with van der Waals surface area (Å²) in [5.41, 5.74) is 1.13. The molecule has 2 aliphatic heterocycles. The Balaban J connectivity index is 1.93. The van der Waals surface area contributed by atoms with Crippen LogP contribution < -0.4 is 4.90 Å². The lowest BCUT2D eigenvalue weighted by molar-refractivity contribution is 0.346. The van der Waals surface area contributed by atoms with Gasteiger partial charge in [-0.25, -0.2) is 8.42 Å². The van der Waals surface area contributed by atoms with E-state index in [2.05, 4.69) is 11.8 Å². The summed E-state index contributed by atoms with van der Waals surface area (Å²) >= 11 is 1.72. The minimum atomic E-state index is -3.32. The Morgan fingerprint density at radius 3 is 2.60 bits per heavy atom. The van der Waals surface area contributed by atoms with Gasteiger partial charge in [-0.1, -0.05) is 18.2 Å². The van der Waals surface area contributed by atoms with E-state index < -0.39 is 10.0 Å². The van der Waals surface area contributed by atoms with Crippen molar-refractivity contribution in [2.75, 3.05) is 25.0 Å². The highest BCUT2D eigenvalue weighted by Gasteiger charge is 2.29. The van der Waals surface area contributed by atoms with E-state index in [1.165, 1.54) is 0 Å². The van der Waals surface area contributed by atoms with Gasteiger partial charge in [-0.2, -0.15) is 4.31 Å². The average molecular weight is 312 g/mol. The summed E-state index contributed by atoms with van der Waals surface area (Å²) in [6, 6.07) is 5.52. The Morgan fingerprint density at radius 2 is 1.90 bits per heavy atom. The number of thioether (sulfide) groups is 1. The maximum absolute atomic E-state index is 12.7. The minimum Gasteiger partial charge on any atom is -0.362 e. The van der Waals surface area contributed by atoms with Crippen LogP contribution in [-0.2, 0) is 10.0 Å². The van der Waals surface area contributed by atoms with Crippen molar-refractivity contribution >= 4 is 27.5 Å². The first-order chi connectivity index (χ1) is 9.50. The van der Waals surface area contributed by atoms with Crippen molar-refractivity contribution in [3.05, 3.63) is 18.2 Å². The van der Waals surface area contributed by atoms with Gasteiger partial charge in [0.15, 0.2) is 0 Å². The molecule has 2 heterocycles. The summed E-state index contributed by atoms with van der Waals surface area (Å²) in [4.78, 5) is 3.68. The summed E-state index contributed by atoms with van der Waals surface area (Å²) < 4.78 is 26.9. The molecule has 1 saturated heterocycles. The molecule has 4 nitrogen and oxygen atoms in total. The summed E-state index contributed by atoms with van der Waals surface area (Å²) in [5, 5.41) is 0.359. The van der Waals surface area contributed by atoms with Gasteiger partial charge in [0.05, 0.1) is 16.0 Å². The predicted molar refractivity (Wildman–Crippen MR) is 82.8 cm³/mol. The van der Waals surface area contributed by atoms with E-state index in [0.717, 1.165) is 29.8 Å². The first-order valence-corrected chi connectivity index (χ1v) is 9.36. The van der Waals surface area contributed by atoms with Crippen LogP contribution in [0.5, 0.6) is 0 Å². The Kier molecular flexibility index (Phi) is 3.73. The Labute approximate surface area is 125 Å². The van der Waals surface area contributed by atoms with Crippen molar-refractivity contribution in [3.8, 4) is 0 Å². The quantitative estimate of drug-likeness (QED) is 0.842. The van der Waals surface area contributed by atoms with E-state index >= 15 is 0 Å². The molecule has 0 aromatic heterocycles. The Hall–Kier alpha value is -0.720. The molecule has 0 bridgehead atoms. The normalized spacial score (nSPS) is 23.9. The molecule has 0 amide bonds. The molecule has 0 spiro atoms. The molecule has 0 saturated carbocycles. The first kappa shape index (κ1) is 14.2. The van der Waals surface area contributed by atoms with E-state index in [1.54, 1.807) is 22.1 Å². The second-order valence-electron chi connectivity index (χ2n) is 5.42. The molecule has 3 rings (SSSR count). The standard InChI is InChI=1S/C14H20N2O2S2/c1-11-15(2)13-7-6-12(10-14(13)19-11)20(17,18)16-8-4-3-5-9-16/h6-7,10-11H,3-5,8-9H2,1-2H3. The molecular formula is C14H20N2O2S2. The molecule has 1 atom stereocenters. The van der Waals surface area contributed by atoms with Gasteiger partial charge in [0.2, 0.25) is 10.0 Å². The Morgan fingerprint density at radius 1 is 1.20 bits per heavy atom. The summed E-state index contributed by atoms with van der Waals surface area (Å²) in [6.07, 6.45) is 3.08. The van der Waals surface area contributed by atoms with Crippen molar-refractivity contribution < 1.29 is 8.42 Å². The van der Waals surface area contributed by atoms with Crippen LogP contribution in [0.1, 0.15) is 26.2 Å². The van der Waals surface area contributed by atoms with E-state index in [4.69, 9.17) is 0 Å². The fraction of sp³-hybridized carbons (Fsp3) is 0.571. The van der Waals surface area contributed by atoms with Gasteiger partial charge in [-0.05, 0) is 38.0 Å². The van der Waals surface area contributed by atoms with Crippen LogP contribution in [0.4, 0.5) is 5.69 Å². The van der Waals surface area contributed by atoms with Gasteiger partial charge < -0.3 is 4.90 Å². The van der Waals surface area contributed by atoms with Crippen LogP contribution in [-0.4, -0.2) is 38.2 Å². The van der Waals surface area contributed by atoms with Crippen LogP contribution in [0, 0.1) is 0 Å². The largest absolute Gasteiger partial charge is 0.362 e. The van der Waals surface area contributed by atoms with Crippen molar-refractivity contribution in [3.63, 3.8) is 0 Å². The molecule has 2 aliphatic rings. The third-order valence-corrected chi connectivity index (χ3v) is 7.24. The molecule has 1 fully saturated rings. The van der Waals surface area contributed by atoms with E-state index in [-0.39, 0.29) is 0 Å². The number of benzene rings is 1. The number of hydrogen-bond acceptors (Lipinski definition) is 4. The van der Waals surface area contributed by atoms with Crippen LogP contribution in [0.3, 0.4) is 0 Å². The van der Waals surface area contributed by atoms with Crippen molar-refractivity contribution in [1.29, 1.82) is 0 Å². The van der Waals surface area contributed by atoms with Crippen LogP contribution in [0.15, 0.2) is 28.0 Å². The highest BCUT2D eigenvalue weighted by molar-refractivity contribution is 8.00. The van der Waals surface area contributed by atoms with E-state index in [0.29, 0.717) is 23.4 Å². The molecule has 0 aliphatic carbocycles. The zero-order valence-corrected chi connectivity index (χ0v) is 13.5. The number of hydrogen-bond donors (Lipinski definition) is 0. The fourth-order valence-electron chi connectivity index (χ4n) is 2.75. The third kappa shape index (κ3) is 2.34. The van der Waals surface area contributed by atoms with Gasteiger partial charge in [-0.15, -0.1) is 0 Å². The van der Waals surface area contributed by atoms with Gasteiger partial charge in [0, 0.05) is 25.0 Å². The highest BCUT2D eigenvalue weighted by atomic mass is 32.2. The molecule has 110 valence electrons. The fourth-order valence-corrected chi connectivity index (χ4v) is 5.54. The average Bonchev–Trinajstić information content (AvgIpc) is 2.74. The van der Waals surface area contributed by atoms with Crippen LogP contribution in [0.25, 0.3) is 0 Å². The number of sulfonamides is 1. The predicted octanol–water partition coefficient (Wildman–Crippen LogP) is 2.75. The number of nitrogens with zero attached hydrogens (tertiary/aromatic N) is 2. The lowest BCUT2D eigenvalue weighted by Gasteiger charge is -2.26. The second kappa shape index (κ2) is 5.24. The van der Waals surface area contributed by atoms with Crippen LogP contribution >= 0.6 is 11.8 Å². The van der Waals surface area contributed by atoms with Gasteiger partial charge in [0.1, 0.15) is 0 Å². The Bertz CT molecular complexity index is 610. The lowest BCUT2D eigenvalue weighted by atomic mass is 10.2. The topological polar surface area (TPSA) is 40.6 Å². The van der Waals surface area contributed by atoms with E-state index in [1.807, 2.05) is 19.2 Å². The maximum Gasteiger partial charge on any atom is 0.243 e. The van der Waals surface area contributed by atoms with Crippen molar-refractivity contribution in [2.24, 2.45) is 0 Å². The van der Waals surface area contributed by atoms with Crippen molar-refractivity contribution in [1.82, 2.24) is 4.31 Å². The first-order valence-electron chi connectivity index (χ1n) is 7.04. The van der Waals surface area contributed by atoms with Gasteiger partial charge in [-0.3, -0.25) is 0 Å². The summed E-state index contributed by atoms with van der Waals surface area (Å²) in [6.45, 7) is 3.44. The van der Waals surface area contributed by atoms with Crippen LogP contribution in [0.2, 0.25) is 0 Å². The smallest absolute Gasteiger partial charge is 0.243 e. The van der Waals surface area contributed by atoms with E-state index in [9.17, 15) is 8.42 Å². The molecular weight excluding hydrogens is 292 g/mol. The summed E-state index contributed by atoms with van der Waals surface area (Å²) in [7, 11) is -1.27. The molecule has 0 N–H and O–H groups in total. The third-order valence-electron chi connectivity index (χ3n) is 4.11. The summed E-state index contributed by atoms with van der Waals surface area (Å²) in [5.74, 6) is 0. The zero-order chi connectivity index (χ0) is 14.3. The number of piperidine rings is 1.